The predicted molar refractivity (Wildman–Crippen MR) is 59.3 cm³/mol. The standard InChI is InChI=1S/C12H13NO2/c1-3-5-11(4-2)15-12-6-7-13-10(8-12)9-14/h3-8,14H,1-2,9H2/b11-5+. The first-order chi connectivity index (χ1) is 7.30. The van der Waals surface area contributed by atoms with Crippen LogP contribution < -0.4 is 4.74 Å². The zero-order chi connectivity index (χ0) is 11.1. The summed E-state index contributed by atoms with van der Waals surface area (Å²) in [6.45, 7) is 7.07. The van der Waals surface area contributed by atoms with E-state index in [2.05, 4.69) is 18.1 Å². The molecule has 1 N–H and O–H groups in total. The van der Waals surface area contributed by atoms with Crippen LogP contribution in [-0.4, -0.2) is 10.1 Å². The lowest BCUT2D eigenvalue weighted by atomic mass is 10.3. The van der Waals surface area contributed by atoms with Crippen LogP contribution in [0, 0.1) is 0 Å². The van der Waals surface area contributed by atoms with Crippen LogP contribution in [0.15, 0.2) is 55.5 Å². The van der Waals surface area contributed by atoms with Crippen molar-refractivity contribution < 1.29 is 9.84 Å². The van der Waals surface area contributed by atoms with Gasteiger partial charge in [0.25, 0.3) is 0 Å². The van der Waals surface area contributed by atoms with Crippen molar-refractivity contribution in [2.24, 2.45) is 0 Å². The van der Waals surface area contributed by atoms with E-state index in [9.17, 15) is 0 Å². The highest BCUT2D eigenvalue weighted by atomic mass is 16.5. The van der Waals surface area contributed by atoms with Crippen LogP contribution in [0.25, 0.3) is 0 Å². The van der Waals surface area contributed by atoms with Gasteiger partial charge in [-0.3, -0.25) is 4.98 Å². The lowest BCUT2D eigenvalue weighted by Crippen LogP contribution is -1.94. The van der Waals surface area contributed by atoms with Gasteiger partial charge in [0.15, 0.2) is 0 Å². The molecule has 0 aliphatic carbocycles. The Balaban J connectivity index is 2.83. The van der Waals surface area contributed by atoms with Crippen LogP contribution >= 0.6 is 0 Å². The molecule has 0 aliphatic rings. The number of ether oxygens (including phenoxy) is 1. The van der Waals surface area contributed by atoms with Gasteiger partial charge in [-0.25, -0.2) is 0 Å². The fraction of sp³-hybridized carbons (Fsp3) is 0.0833. The van der Waals surface area contributed by atoms with Crippen molar-refractivity contribution in [3.05, 3.63) is 61.2 Å². The van der Waals surface area contributed by atoms with E-state index in [1.165, 1.54) is 0 Å². The number of hydrogen-bond donors (Lipinski definition) is 1. The van der Waals surface area contributed by atoms with Gasteiger partial charge in [-0.15, -0.1) is 0 Å². The van der Waals surface area contributed by atoms with Crippen molar-refractivity contribution in [2.45, 2.75) is 6.61 Å². The van der Waals surface area contributed by atoms with Gasteiger partial charge in [0.05, 0.1) is 12.3 Å². The highest BCUT2D eigenvalue weighted by Crippen LogP contribution is 2.14. The van der Waals surface area contributed by atoms with Gasteiger partial charge < -0.3 is 9.84 Å². The van der Waals surface area contributed by atoms with E-state index < -0.39 is 0 Å². The van der Waals surface area contributed by atoms with E-state index in [-0.39, 0.29) is 6.61 Å². The molecular formula is C12H13NO2. The first-order valence-electron chi connectivity index (χ1n) is 4.49. The molecule has 0 atom stereocenters. The molecule has 0 unspecified atom stereocenters. The van der Waals surface area contributed by atoms with E-state index in [0.717, 1.165) is 0 Å². The summed E-state index contributed by atoms with van der Waals surface area (Å²) in [5, 5.41) is 8.89. The first kappa shape index (κ1) is 11.2. The number of aromatic nitrogens is 1. The van der Waals surface area contributed by atoms with Crippen LogP contribution in [0.4, 0.5) is 0 Å². The fourth-order valence-corrected chi connectivity index (χ4v) is 1.00. The molecule has 0 spiro atoms. The second-order valence-electron chi connectivity index (χ2n) is 2.75. The second kappa shape index (κ2) is 5.78. The summed E-state index contributed by atoms with van der Waals surface area (Å²) in [5.41, 5.74) is 0.564. The molecule has 0 aliphatic heterocycles. The molecule has 0 aromatic carbocycles. The number of hydrogen-bond acceptors (Lipinski definition) is 3. The average molecular weight is 203 g/mol. The third-order valence-electron chi connectivity index (χ3n) is 1.67. The van der Waals surface area contributed by atoms with E-state index in [4.69, 9.17) is 9.84 Å². The van der Waals surface area contributed by atoms with E-state index >= 15 is 0 Å². The number of aliphatic hydroxyl groups is 1. The van der Waals surface area contributed by atoms with Gasteiger partial charge >= 0.3 is 0 Å². The van der Waals surface area contributed by atoms with Gasteiger partial charge in [0.1, 0.15) is 11.5 Å². The van der Waals surface area contributed by atoms with Crippen molar-refractivity contribution in [1.29, 1.82) is 0 Å². The van der Waals surface area contributed by atoms with Gasteiger partial charge in [-0.05, 0) is 18.2 Å². The minimum absolute atomic E-state index is 0.105. The summed E-state index contributed by atoms with van der Waals surface area (Å²) in [4.78, 5) is 3.94. The van der Waals surface area contributed by atoms with Gasteiger partial charge in [0, 0.05) is 12.3 Å². The molecule has 0 saturated heterocycles. The molecular weight excluding hydrogens is 190 g/mol. The maximum atomic E-state index is 8.89. The summed E-state index contributed by atoms with van der Waals surface area (Å²) < 4.78 is 5.47. The minimum Gasteiger partial charge on any atom is -0.457 e. The summed E-state index contributed by atoms with van der Waals surface area (Å²) in [5.74, 6) is 1.21. The molecule has 0 saturated carbocycles. The topological polar surface area (TPSA) is 42.4 Å². The van der Waals surface area contributed by atoms with Crippen molar-refractivity contribution in [3.8, 4) is 5.75 Å². The summed E-state index contributed by atoms with van der Waals surface area (Å²) in [6.07, 6.45) is 6.48. The highest BCUT2D eigenvalue weighted by molar-refractivity contribution is 5.27. The maximum absolute atomic E-state index is 8.89. The fourth-order valence-electron chi connectivity index (χ4n) is 1.00. The summed E-state index contributed by atoms with van der Waals surface area (Å²) in [7, 11) is 0. The van der Waals surface area contributed by atoms with Crippen LogP contribution in [0.2, 0.25) is 0 Å². The Kier molecular flexibility index (Phi) is 4.31. The van der Waals surface area contributed by atoms with Gasteiger partial charge in [-0.1, -0.05) is 19.2 Å². The molecule has 0 radical (unpaired) electrons. The molecule has 3 heteroatoms. The van der Waals surface area contributed by atoms with Crippen LogP contribution in [0.3, 0.4) is 0 Å². The number of nitrogens with zero attached hydrogens (tertiary/aromatic N) is 1. The lowest BCUT2D eigenvalue weighted by molar-refractivity contribution is 0.276. The zero-order valence-corrected chi connectivity index (χ0v) is 8.39. The Hall–Kier alpha value is -1.87. The summed E-state index contributed by atoms with van der Waals surface area (Å²) >= 11 is 0. The van der Waals surface area contributed by atoms with Crippen LogP contribution in [0.5, 0.6) is 5.75 Å². The van der Waals surface area contributed by atoms with E-state index in [1.54, 1.807) is 36.6 Å². The van der Waals surface area contributed by atoms with E-state index in [0.29, 0.717) is 17.2 Å². The van der Waals surface area contributed by atoms with Crippen molar-refractivity contribution in [3.63, 3.8) is 0 Å². The Morgan fingerprint density at radius 3 is 2.93 bits per heavy atom. The quantitative estimate of drug-likeness (QED) is 0.589. The third kappa shape index (κ3) is 3.40. The first-order valence-corrected chi connectivity index (χ1v) is 4.49. The monoisotopic (exact) mass is 203 g/mol. The molecule has 0 amide bonds. The Labute approximate surface area is 89.0 Å². The van der Waals surface area contributed by atoms with Crippen LogP contribution in [-0.2, 0) is 6.61 Å². The second-order valence-corrected chi connectivity index (χ2v) is 2.75. The maximum Gasteiger partial charge on any atom is 0.130 e. The smallest absolute Gasteiger partial charge is 0.130 e. The molecule has 0 bridgehead atoms. The predicted octanol–water partition coefficient (Wildman–Crippen LogP) is 2.21. The average Bonchev–Trinajstić information content (AvgIpc) is 2.29. The molecule has 1 rings (SSSR count). The summed E-state index contributed by atoms with van der Waals surface area (Å²) in [6, 6.07) is 3.38. The highest BCUT2D eigenvalue weighted by Gasteiger charge is 1.98. The third-order valence-corrected chi connectivity index (χ3v) is 1.67. The minimum atomic E-state index is -0.105. The normalized spacial score (nSPS) is 10.9. The number of aliphatic hydroxyl groups excluding tert-OH is 1. The van der Waals surface area contributed by atoms with Crippen molar-refractivity contribution in [1.82, 2.24) is 4.98 Å². The number of pyridine rings is 1. The zero-order valence-electron chi connectivity index (χ0n) is 8.39. The Bertz CT molecular complexity index is 383. The Morgan fingerprint density at radius 2 is 2.33 bits per heavy atom. The van der Waals surface area contributed by atoms with Crippen molar-refractivity contribution >= 4 is 0 Å². The van der Waals surface area contributed by atoms with Crippen LogP contribution in [0.1, 0.15) is 5.69 Å². The van der Waals surface area contributed by atoms with Gasteiger partial charge in [-0.2, -0.15) is 0 Å². The lowest BCUT2D eigenvalue weighted by Gasteiger charge is -2.06. The molecule has 3 nitrogen and oxygen atoms in total. The Morgan fingerprint density at radius 1 is 1.53 bits per heavy atom. The molecule has 1 heterocycles. The molecule has 1 aromatic rings. The molecule has 1 aromatic heterocycles. The number of allylic oxidation sites excluding steroid dienone is 3. The molecule has 78 valence electrons. The van der Waals surface area contributed by atoms with Crippen molar-refractivity contribution in [2.75, 3.05) is 0 Å². The molecule has 15 heavy (non-hydrogen) atoms. The van der Waals surface area contributed by atoms with Gasteiger partial charge in [0.2, 0.25) is 0 Å². The molecule has 0 fully saturated rings. The SMILES string of the molecule is C=C/C=C(\C=C)Oc1ccnc(CO)c1. The number of rotatable bonds is 5. The largest absolute Gasteiger partial charge is 0.457 e. The van der Waals surface area contributed by atoms with E-state index in [1.807, 2.05) is 0 Å².